The normalized spacial score (nSPS) is 10.2. The molecule has 2 aromatic rings. The molecule has 2 rings (SSSR count). The van der Waals surface area contributed by atoms with Gasteiger partial charge in [0, 0.05) is 17.6 Å². The Bertz CT molecular complexity index is 702. The van der Waals surface area contributed by atoms with Crippen LogP contribution < -0.4 is 5.32 Å². The van der Waals surface area contributed by atoms with Crippen LogP contribution in [0.4, 0.5) is 5.82 Å². The Hall–Kier alpha value is -2.32. The maximum Gasteiger partial charge on any atom is 0.225 e. The van der Waals surface area contributed by atoms with E-state index < -0.39 is 0 Å². The van der Waals surface area contributed by atoms with Gasteiger partial charge in [0.1, 0.15) is 11.6 Å². The van der Waals surface area contributed by atoms with Gasteiger partial charge >= 0.3 is 0 Å². The van der Waals surface area contributed by atoms with E-state index >= 15 is 0 Å². The molecule has 6 heteroatoms. The minimum atomic E-state index is -0.124. The van der Waals surface area contributed by atoms with E-state index in [4.69, 9.17) is 16.9 Å². The third-order valence-electron chi connectivity index (χ3n) is 3.19. The van der Waals surface area contributed by atoms with Crippen LogP contribution in [0.2, 0.25) is 5.02 Å². The maximum absolute atomic E-state index is 11.8. The third kappa shape index (κ3) is 4.09. The zero-order valence-corrected chi connectivity index (χ0v) is 13.1. The van der Waals surface area contributed by atoms with Gasteiger partial charge in [-0.2, -0.15) is 10.4 Å². The van der Waals surface area contributed by atoms with E-state index in [1.165, 1.54) is 0 Å². The summed E-state index contributed by atoms with van der Waals surface area (Å²) >= 11 is 6.12. The predicted octanol–water partition coefficient (Wildman–Crippen LogP) is 3.59. The molecule has 1 aromatic carbocycles. The van der Waals surface area contributed by atoms with Gasteiger partial charge in [-0.1, -0.05) is 43.1 Å². The van der Waals surface area contributed by atoms with Crippen molar-refractivity contribution in [3.8, 4) is 6.07 Å². The number of rotatable bonds is 6. The fraction of sp³-hybridized carbons (Fsp3) is 0.312. The van der Waals surface area contributed by atoms with Gasteiger partial charge in [-0.15, -0.1) is 0 Å². The Labute approximate surface area is 134 Å². The van der Waals surface area contributed by atoms with E-state index in [-0.39, 0.29) is 5.91 Å². The average molecular weight is 317 g/mol. The number of nitrogens with zero attached hydrogens (tertiary/aromatic N) is 3. The lowest BCUT2D eigenvalue weighted by Crippen LogP contribution is -2.12. The first-order valence-corrected chi connectivity index (χ1v) is 7.52. The first-order chi connectivity index (χ1) is 10.6. The van der Waals surface area contributed by atoms with Gasteiger partial charge in [-0.25, -0.2) is 0 Å². The van der Waals surface area contributed by atoms with Crippen molar-refractivity contribution in [1.82, 2.24) is 9.78 Å². The second-order valence-electron chi connectivity index (χ2n) is 4.94. The minimum Gasteiger partial charge on any atom is -0.308 e. The Morgan fingerprint density at radius 2 is 2.23 bits per heavy atom. The number of unbranched alkanes of at least 4 members (excludes halogenated alkanes) is 1. The highest BCUT2D eigenvalue weighted by molar-refractivity contribution is 6.31. The molecule has 114 valence electrons. The number of nitriles is 1. The summed E-state index contributed by atoms with van der Waals surface area (Å²) in [6.45, 7) is 2.46. The van der Waals surface area contributed by atoms with Crippen molar-refractivity contribution in [2.24, 2.45) is 0 Å². The smallest absolute Gasteiger partial charge is 0.225 e. The SMILES string of the molecule is CCCCC(=O)Nc1nn(Cc2ccccc2Cl)cc1C#N. The summed E-state index contributed by atoms with van der Waals surface area (Å²) in [6, 6.07) is 9.50. The quantitative estimate of drug-likeness (QED) is 0.885. The maximum atomic E-state index is 11.8. The highest BCUT2D eigenvalue weighted by Gasteiger charge is 2.12. The molecule has 0 atom stereocenters. The fourth-order valence-electron chi connectivity index (χ4n) is 2.01. The Kier molecular flexibility index (Phi) is 5.56. The molecule has 1 N–H and O–H groups in total. The van der Waals surface area contributed by atoms with E-state index in [2.05, 4.69) is 10.4 Å². The fourth-order valence-corrected chi connectivity index (χ4v) is 2.21. The van der Waals surface area contributed by atoms with Crippen molar-refractivity contribution in [3.63, 3.8) is 0 Å². The monoisotopic (exact) mass is 316 g/mol. The van der Waals surface area contributed by atoms with Gasteiger partial charge in [0.15, 0.2) is 5.82 Å². The number of amides is 1. The van der Waals surface area contributed by atoms with E-state index in [9.17, 15) is 4.79 Å². The van der Waals surface area contributed by atoms with Crippen LogP contribution in [-0.2, 0) is 11.3 Å². The molecule has 0 unspecified atom stereocenters. The van der Waals surface area contributed by atoms with Crippen LogP contribution in [0, 0.1) is 11.3 Å². The van der Waals surface area contributed by atoms with Crippen LogP contribution in [0.15, 0.2) is 30.5 Å². The Morgan fingerprint density at radius 3 is 2.91 bits per heavy atom. The summed E-state index contributed by atoms with van der Waals surface area (Å²) in [5.41, 5.74) is 1.25. The molecule has 1 amide bonds. The highest BCUT2D eigenvalue weighted by Crippen LogP contribution is 2.18. The summed E-state index contributed by atoms with van der Waals surface area (Å²) in [4.78, 5) is 11.8. The topological polar surface area (TPSA) is 70.7 Å². The molecule has 0 aliphatic heterocycles. The number of hydrogen-bond donors (Lipinski definition) is 1. The van der Waals surface area contributed by atoms with Gasteiger partial charge in [0.05, 0.1) is 6.54 Å². The van der Waals surface area contributed by atoms with Crippen LogP contribution in [0.25, 0.3) is 0 Å². The minimum absolute atomic E-state index is 0.124. The largest absolute Gasteiger partial charge is 0.308 e. The third-order valence-corrected chi connectivity index (χ3v) is 3.56. The lowest BCUT2D eigenvalue weighted by atomic mass is 10.2. The molecular formula is C16H17ClN4O. The van der Waals surface area contributed by atoms with Crippen molar-refractivity contribution in [2.75, 3.05) is 5.32 Å². The molecule has 0 spiro atoms. The van der Waals surface area contributed by atoms with Crippen LogP contribution >= 0.6 is 11.6 Å². The molecule has 1 heterocycles. The molecule has 0 radical (unpaired) electrons. The number of benzene rings is 1. The number of carbonyl (C=O) groups excluding carboxylic acids is 1. The van der Waals surface area contributed by atoms with E-state index in [0.29, 0.717) is 29.4 Å². The molecule has 22 heavy (non-hydrogen) atoms. The summed E-state index contributed by atoms with van der Waals surface area (Å²) < 4.78 is 1.61. The van der Waals surface area contributed by atoms with E-state index in [0.717, 1.165) is 18.4 Å². The number of anilines is 1. The van der Waals surface area contributed by atoms with Crippen molar-refractivity contribution in [2.45, 2.75) is 32.7 Å². The van der Waals surface area contributed by atoms with Crippen molar-refractivity contribution < 1.29 is 4.79 Å². The highest BCUT2D eigenvalue weighted by atomic mass is 35.5. The zero-order valence-electron chi connectivity index (χ0n) is 12.3. The predicted molar refractivity (Wildman–Crippen MR) is 85.7 cm³/mol. The van der Waals surface area contributed by atoms with Crippen LogP contribution in [-0.4, -0.2) is 15.7 Å². The molecule has 0 bridgehead atoms. The van der Waals surface area contributed by atoms with Gasteiger partial charge in [0.2, 0.25) is 5.91 Å². The second-order valence-corrected chi connectivity index (χ2v) is 5.35. The van der Waals surface area contributed by atoms with Crippen molar-refractivity contribution in [1.29, 1.82) is 5.26 Å². The number of halogens is 1. The molecule has 0 saturated carbocycles. The standard InChI is InChI=1S/C16H17ClN4O/c1-2-3-8-15(22)19-16-13(9-18)11-21(20-16)10-12-6-4-5-7-14(12)17/h4-7,11H,2-3,8,10H2,1H3,(H,19,20,22). The molecule has 0 fully saturated rings. The number of carbonyl (C=O) groups is 1. The second kappa shape index (κ2) is 7.62. The van der Waals surface area contributed by atoms with Gasteiger partial charge in [-0.05, 0) is 18.1 Å². The molecule has 0 aliphatic carbocycles. The molecular weight excluding hydrogens is 300 g/mol. The van der Waals surface area contributed by atoms with Gasteiger partial charge in [-0.3, -0.25) is 9.48 Å². The van der Waals surface area contributed by atoms with E-state index in [1.54, 1.807) is 16.9 Å². The lowest BCUT2D eigenvalue weighted by Gasteiger charge is -2.04. The van der Waals surface area contributed by atoms with Crippen molar-refractivity contribution >= 4 is 23.3 Å². The average Bonchev–Trinajstić information content (AvgIpc) is 2.89. The van der Waals surface area contributed by atoms with Gasteiger partial charge < -0.3 is 5.32 Å². The molecule has 1 aromatic heterocycles. The van der Waals surface area contributed by atoms with Crippen LogP contribution in [0.5, 0.6) is 0 Å². The summed E-state index contributed by atoms with van der Waals surface area (Å²) in [6.07, 6.45) is 3.80. The Morgan fingerprint density at radius 1 is 1.45 bits per heavy atom. The zero-order chi connectivity index (χ0) is 15.9. The van der Waals surface area contributed by atoms with Crippen molar-refractivity contribution in [3.05, 3.63) is 46.6 Å². The Balaban J connectivity index is 2.13. The molecule has 0 aliphatic rings. The number of hydrogen-bond acceptors (Lipinski definition) is 3. The van der Waals surface area contributed by atoms with Gasteiger partial charge in [0.25, 0.3) is 0 Å². The van der Waals surface area contributed by atoms with E-state index in [1.807, 2.05) is 31.2 Å². The number of nitrogens with one attached hydrogen (secondary N) is 1. The summed E-state index contributed by atoms with van der Waals surface area (Å²) in [5, 5.41) is 16.8. The number of aromatic nitrogens is 2. The van der Waals surface area contributed by atoms with Crippen LogP contribution in [0.3, 0.4) is 0 Å². The van der Waals surface area contributed by atoms with Crippen LogP contribution in [0.1, 0.15) is 37.3 Å². The molecule has 0 saturated heterocycles. The lowest BCUT2D eigenvalue weighted by molar-refractivity contribution is -0.116. The summed E-state index contributed by atoms with van der Waals surface area (Å²) in [7, 11) is 0. The molecule has 5 nitrogen and oxygen atoms in total. The first-order valence-electron chi connectivity index (χ1n) is 7.14. The first kappa shape index (κ1) is 16.1. The summed E-state index contributed by atoms with van der Waals surface area (Å²) in [5.74, 6) is 0.178.